The summed E-state index contributed by atoms with van der Waals surface area (Å²) in [6.45, 7) is 6.87. The SMILES string of the molecule is CC(C)CCN1CCCCC1c1nc(CCCc2ccccc2)no1. The van der Waals surface area contributed by atoms with Gasteiger partial charge in [-0.2, -0.15) is 4.98 Å². The molecule has 0 aliphatic carbocycles. The van der Waals surface area contributed by atoms with Crippen molar-refractivity contribution in [2.75, 3.05) is 13.1 Å². The average molecular weight is 341 g/mol. The van der Waals surface area contributed by atoms with Crippen molar-refractivity contribution in [3.05, 3.63) is 47.6 Å². The molecular weight excluding hydrogens is 310 g/mol. The normalized spacial score (nSPS) is 18.8. The van der Waals surface area contributed by atoms with Gasteiger partial charge in [0.25, 0.3) is 0 Å². The van der Waals surface area contributed by atoms with Crippen LogP contribution in [0.5, 0.6) is 0 Å². The van der Waals surface area contributed by atoms with E-state index in [9.17, 15) is 0 Å². The maximum Gasteiger partial charge on any atom is 0.243 e. The van der Waals surface area contributed by atoms with Crippen LogP contribution in [-0.4, -0.2) is 28.1 Å². The number of likely N-dealkylation sites (tertiary alicyclic amines) is 1. The molecule has 3 rings (SSSR count). The number of hydrogen-bond acceptors (Lipinski definition) is 4. The summed E-state index contributed by atoms with van der Waals surface area (Å²) in [5, 5.41) is 4.24. The van der Waals surface area contributed by atoms with Crippen LogP contribution in [0.3, 0.4) is 0 Å². The first-order valence-corrected chi connectivity index (χ1v) is 9.83. The minimum atomic E-state index is 0.322. The molecule has 4 heteroatoms. The van der Waals surface area contributed by atoms with Crippen LogP contribution in [0.4, 0.5) is 0 Å². The molecule has 4 nitrogen and oxygen atoms in total. The van der Waals surface area contributed by atoms with Crippen molar-refractivity contribution in [2.45, 2.75) is 64.8 Å². The maximum atomic E-state index is 5.64. The highest BCUT2D eigenvalue weighted by Gasteiger charge is 2.28. The number of aromatic nitrogens is 2. The summed E-state index contributed by atoms with van der Waals surface area (Å²) in [7, 11) is 0. The molecule has 136 valence electrons. The van der Waals surface area contributed by atoms with Crippen LogP contribution in [0.15, 0.2) is 34.9 Å². The summed E-state index contributed by atoms with van der Waals surface area (Å²) < 4.78 is 5.64. The van der Waals surface area contributed by atoms with Crippen molar-refractivity contribution < 1.29 is 4.52 Å². The second-order valence-corrected chi connectivity index (χ2v) is 7.62. The van der Waals surface area contributed by atoms with E-state index in [1.54, 1.807) is 0 Å². The molecule has 25 heavy (non-hydrogen) atoms. The van der Waals surface area contributed by atoms with E-state index in [0.29, 0.717) is 6.04 Å². The predicted octanol–water partition coefficient (Wildman–Crippen LogP) is 4.82. The van der Waals surface area contributed by atoms with Crippen LogP contribution >= 0.6 is 0 Å². The second-order valence-electron chi connectivity index (χ2n) is 7.62. The van der Waals surface area contributed by atoms with Crippen LogP contribution in [0, 0.1) is 5.92 Å². The lowest BCUT2D eigenvalue weighted by Gasteiger charge is -2.33. The largest absolute Gasteiger partial charge is 0.338 e. The van der Waals surface area contributed by atoms with Crippen LogP contribution in [0.2, 0.25) is 0 Å². The number of rotatable bonds is 8. The fourth-order valence-corrected chi connectivity index (χ4v) is 3.56. The van der Waals surface area contributed by atoms with E-state index in [4.69, 9.17) is 9.51 Å². The number of benzene rings is 1. The first-order valence-electron chi connectivity index (χ1n) is 9.83. The number of nitrogens with zero attached hydrogens (tertiary/aromatic N) is 3. The standard InChI is InChI=1S/C21H31N3O/c1-17(2)14-16-24-15-7-6-12-19(24)21-22-20(23-25-21)13-8-11-18-9-4-3-5-10-18/h3-5,9-10,17,19H,6-8,11-16H2,1-2H3. The third-order valence-electron chi connectivity index (χ3n) is 5.08. The van der Waals surface area contributed by atoms with Crippen molar-refractivity contribution in [2.24, 2.45) is 5.92 Å². The van der Waals surface area contributed by atoms with E-state index < -0.39 is 0 Å². The van der Waals surface area contributed by atoms with Gasteiger partial charge in [-0.3, -0.25) is 4.90 Å². The molecule has 1 aromatic carbocycles. The summed E-state index contributed by atoms with van der Waals surface area (Å²) in [5.74, 6) is 2.43. The Balaban J connectivity index is 1.53. The summed E-state index contributed by atoms with van der Waals surface area (Å²) in [4.78, 5) is 7.27. The zero-order chi connectivity index (χ0) is 17.5. The molecule has 1 saturated heterocycles. The van der Waals surface area contributed by atoms with Gasteiger partial charge in [0.1, 0.15) is 0 Å². The molecule has 2 aromatic rings. The minimum absolute atomic E-state index is 0.322. The Kier molecular flexibility index (Phi) is 6.62. The van der Waals surface area contributed by atoms with Gasteiger partial charge in [0.05, 0.1) is 6.04 Å². The fraction of sp³-hybridized carbons (Fsp3) is 0.619. The summed E-state index contributed by atoms with van der Waals surface area (Å²) >= 11 is 0. The molecule has 0 spiro atoms. The molecule has 0 amide bonds. The zero-order valence-electron chi connectivity index (χ0n) is 15.7. The van der Waals surface area contributed by atoms with Gasteiger partial charge < -0.3 is 4.52 Å². The lowest BCUT2D eigenvalue weighted by Crippen LogP contribution is -2.34. The van der Waals surface area contributed by atoms with Gasteiger partial charge in [0.2, 0.25) is 5.89 Å². The minimum Gasteiger partial charge on any atom is -0.338 e. The highest BCUT2D eigenvalue weighted by Crippen LogP contribution is 2.30. The summed E-state index contributed by atoms with van der Waals surface area (Å²) in [6.07, 6.45) is 7.93. The molecule has 0 N–H and O–H groups in total. The third-order valence-corrected chi connectivity index (χ3v) is 5.08. The van der Waals surface area contributed by atoms with Crippen LogP contribution in [0.1, 0.15) is 69.3 Å². The van der Waals surface area contributed by atoms with E-state index in [1.807, 2.05) is 0 Å². The highest BCUT2D eigenvalue weighted by atomic mass is 16.5. The summed E-state index contributed by atoms with van der Waals surface area (Å²) in [5.41, 5.74) is 1.37. The Morgan fingerprint density at radius 3 is 2.80 bits per heavy atom. The van der Waals surface area contributed by atoms with Gasteiger partial charge >= 0.3 is 0 Å². The fourth-order valence-electron chi connectivity index (χ4n) is 3.56. The van der Waals surface area contributed by atoms with Gasteiger partial charge in [-0.05, 0) is 56.7 Å². The second kappa shape index (κ2) is 9.14. The first kappa shape index (κ1) is 18.1. The molecule has 1 aromatic heterocycles. The van der Waals surface area contributed by atoms with E-state index in [2.05, 4.69) is 54.2 Å². The van der Waals surface area contributed by atoms with Crippen LogP contribution in [0.25, 0.3) is 0 Å². The van der Waals surface area contributed by atoms with E-state index in [0.717, 1.165) is 56.4 Å². The summed E-state index contributed by atoms with van der Waals surface area (Å²) in [6, 6.07) is 10.9. The molecule has 0 saturated carbocycles. The van der Waals surface area contributed by atoms with E-state index in [1.165, 1.54) is 24.8 Å². The predicted molar refractivity (Wildman–Crippen MR) is 100 cm³/mol. The smallest absolute Gasteiger partial charge is 0.243 e. The Morgan fingerprint density at radius 2 is 2.00 bits per heavy atom. The van der Waals surface area contributed by atoms with Gasteiger partial charge in [-0.15, -0.1) is 0 Å². The number of aryl methyl sites for hydroxylation is 2. The molecule has 0 bridgehead atoms. The molecule has 1 unspecified atom stereocenters. The molecular formula is C21H31N3O. The van der Waals surface area contributed by atoms with Crippen molar-refractivity contribution in [3.63, 3.8) is 0 Å². The quantitative estimate of drug-likeness (QED) is 0.690. The first-order chi connectivity index (χ1) is 12.2. The average Bonchev–Trinajstić information content (AvgIpc) is 3.10. The Bertz CT molecular complexity index is 623. The van der Waals surface area contributed by atoms with Gasteiger partial charge in [0.15, 0.2) is 5.82 Å². The third kappa shape index (κ3) is 5.40. The molecule has 1 atom stereocenters. The Labute approximate surface area is 151 Å². The van der Waals surface area contributed by atoms with Crippen LogP contribution in [-0.2, 0) is 12.8 Å². The Hall–Kier alpha value is -1.68. The topological polar surface area (TPSA) is 42.2 Å². The van der Waals surface area contributed by atoms with Gasteiger partial charge in [0, 0.05) is 6.42 Å². The lowest BCUT2D eigenvalue weighted by molar-refractivity contribution is 0.113. The van der Waals surface area contributed by atoms with E-state index in [-0.39, 0.29) is 0 Å². The number of hydrogen-bond donors (Lipinski definition) is 0. The van der Waals surface area contributed by atoms with E-state index >= 15 is 0 Å². The van der Waals surface area contributed by atoms with Crippen molar-refractivity contribution in [1.82, 2.24) is 15.0 Å². The van der Waals surface area contributed by atoms with Crippen molar-refractivity contribution >= 4 is 0 Å². The number of piperidine rings is 1. The molecule has 2 heterocycles. The van der Waals surface area contributed by atoms with Crippen LogP contribution < -0.4 is 0 Å². The highest BCUT2D eigenvalue weighted by molar-refractivity contribution is 5.14. The molecule has 1 aliphatic rings. The maximum absolute atomic E-state index is 5.64. The van der Waals surface area contributed by atoms with Crippen molar-refractivity contribution in [1.29, 1.82) is 0 Å². The van der Waals surface area contributed by atoms with Gasteiger partial charge in [-0.25, -0.2) is 0 Å². The monoisotopic (exact) mass is 341 g/mol. The lowest BCUT2D eigenvalue weighted by atomic mass is 10.0. The zero-order valence-corrected chi connectivity index (χ0v) is 15.7. The molecule has 1 fully saturated rings. The molecule has 0 radical (unpaired) electrons. The van der Waals surface area contributed by atoms with Gasteiger partial charge in [-0.1, -0.05) is 55.8 Å². The van der Waals surface area contributed by atoms with Crippen molar-refractivity contribution in [3.8, 4) is 0 Å². The Morgan fingerprint density at radius 1 is 1.16 bits per heavy atom. The molecule has 1 aliphatic heterocycles.